The highest BCUT2D eigenvalue weighted by molar-refractivity contribution is 6.20. The van der Waals surface area contributed by atoms with Gasteiger partial charge in [0.15, 0.2) is 17.5 Å². The highest BCUT2D eigenvalue weighted by Gasteiger charge is 2.16. The average Bonchev–Trinajstić information content (AvgIpc) is 3.26. The van der Waals surface area contributed by atoms with Crippen LogP contribution in [0.2, 0.25) is 0 Å². The van der Waals surface area contributed by atoms with Crippen molar-refractivity contribution in [3.05, 3.63) is 200 Å². The van der Waals surface area contributed by atoms with Crippen LogP contribution in [0, 0.1) is 0 Å². The Morgan fingerprint density at radius 1 is 0.222 bits per heavy atom. The summed E-state index contributed by atoms with van der Waals surface area (Å²) in [5, 5.41) is 7.51. The first-order valence-electron chi connectivity index (χ1n) is 18.3. The molecule has 0 fully saturated rings. The number of nitrogens with zero attached hydrogens (tertiary/aromatic N) is 3. The van der Waals surface area contributed by atoms with Gasteiger partial charge in [-0.25, -0.2) is 15.0 Å². The Morgan fingerprint density at radius 2 is 0.667 bits per heavy atom. The highest BCUT2D eigenvalue weighted by Crippen LogP contribution is 2.40. The van der Waals surface area contributed by atoms with Gasteiger partial charge in [0.25, 0.3) is 0 Å². The number of hydrogen-bond donors (Lipinski definition) is 0. The molecule has 252 valence electrons. The lowest BCUT2D eigenvalue weighted by molar-refractivity contribution is 1.07. The zero-order valence-electron chi connectivity index (χ0n) is 29.4. The molecule has 10 rings (SSSR count). The highest BCUT2D eigenvalue weighted by atomic mass is 15.0. The lowest BCUT2D eigenvalue weighted by atomic mass is 9.89. The topological polar surface area (TPSA) is 38.7 Å². The van der Waals surface area contributed by atoms with Gasteiger partial charge in [0.1, 0.15) is 0 Å². The standard InChI is InChI=1S/C51H33N3/c1-3-14-34(15-4-1)37-20-12-24-42(31-37)50-52-49(36-17-5-2-6-18-36)53-51(54-50)43-25-13-22-39(32-43)38-21-11-23-41(30-38)48-45-27-10-8-19-40(45)33-47-44-26-9-7-16-35(44)28-29-46(47)48/h1-33H. The summed E-state index contributed by atoms with van der Waals surface area (Å²) >= 11 is 0. The summed E-state index contributed by atoms with van der Waals surface area (Å²) in [4.78, 5) is 15.2. The molecule has 0 aliphatic heterocycles. The van der Waals surface area contributed by atoms with Gasteiger partial charge in [-0.05, 0) is 90.0 Å². The molecule has 0 saturated carbocycles. The Kier molecular flexibility index (Phi) is 7.81. The number of rotatable bonds is 6. The summed E-state index contributed by atoms with van der Waals surface area (Å²) in [5.74, 6) is 1.91. The van der Waals surface area contributed by atoms with Gasteiger partial charge in [0, 0.05) is 16.7 Å². The van der Waals surface area contributed by atoms with E-state index in [1.807, 2.05) is 36.4 Å². The van der Waals surface area contributed by atoms with E-state index in [0.717, 1.165) is 38.9 Å². The molecule has 0 atom stereocenters. The minimum Gasteiger partial charge on any atom is -0.208 e. The van der Waals surface area contributed by atoms with Crippen LogP contribution in [0.3, 0.4) is 0 Å². The minimum absolute atomic E-state index is 0.633. The normalized spacial score (nSPS) is 11.3. The van der Waals surface area contributed by atoms with E-state index in [2.05, 4.69) is 164 Å². The number of fused-ring (bicyclic) bond motifs is 4. The average molecular weight is 688 g/mol. The van der Waals surface area contributed by atoms with Gasteiger partial charge >= 0.3 is 0 Å². The van der Waals surface area contributed by atoms with Crippen LogP contribution in [0.25, 0.3) is 99.9 Å². The molecule has 0 aliphatic carbocycles. The van der Waals surface area contributed by atoms with Crippen molar-refractivity contribution < 1.29 is 0 Å². The fraction of sp³-hybridized carbons (Fsp3) is 0. The number of aromatic nitrogens is 3. The Morgan fingerprint density at radius 3 is 1.31 bits per heavy atom. The molecule has 0 saturated heterocycles. The van der Waals surface area contributed by atoms with Crippen molar-refractivity contribution in [2.24, 2.45) is 0 Å². The van der Waals surface area contributed by atoms with E-state index in [4.69, 9.17) is 15.0 Å². The minimum atomic E-state index is 0.633. The van der Waals surface area contributed by atoms with Gasteiger partial charge in [-0.3, -0.25) is 0 Å². The molecule has 0 unspecified atom stereocenters. The summed E-state index contributed by atoms with van der Waals surface area (Å²) in [6.07, 6.45) is 0. The quantitative estimate of drug-likeness (QED) is 0.129. The van der Waals surface area contributed by atoms with Gasteiger partial charge in [0.2, 0.25) is 0 Å². The van der Waals surface area contributed by atoms with Crippen molar-refractivity contribution in [3.63, 3.8) is 0 Å². The van der Waals surface area contributed by atoms with Crippen LogP contribution in [0.5, 0.6) is 0 Å². The molecule has 3 heteroatoms. The van der Waals surface area contributed by atoms with Gasteiger partial charge in [-0.1, -0.05) is 176 Å². The van der Waals surface area contributed by atoms with Crippen LogP contribution in [0.4, 0.5) is 0 Å². The molecule has 9 aromatic carbocycles. The predicted molar refractivity (Wildman–Crippen MR) is 225 cm³/mol. The second-order valence-corrected chi connectivity index (χ2v) is 13.6. The van der Waals surface area contributed by atoms with Crippen LogP contribution in [0.1, 0.15) is 0 Å². The van der Waals surface area contributed by atoms with E-state index in [9.17, 15) is 0 Å². The van der Waals surface area contributed by atoms with Crippen molar-refractivity contribution in [2.75, 3.05) is 0 Å². The molecule has 0 bridgehead atoms. The van der Waals surface area contributed by atoms with Gasteiger partial charge in [0.05, 0.1) is 0 Å². The van der Waals surface area contributed by atoms with Crippen LogP contribution in [0.15, 0.2) is 200 Å². The van der Waals surface area contributed by atoms with Crippen LogP contribution < -0.4 is 0 Å². The molecule has 54 heavy (non-hydrogen) atoms. The van der Waals surface area contributed by atoms with Crippen LogP contribution in [-0.2, 0) is 0 Å². The van der Waals surface area contributed by atoms with Crippen molar-refractivity contribution in [2.45, 2.75) is 0 Å². The number of benzene rings is 9. The summed E-state index contributed by atoms with van der Waals surface area (Å²) in [5.41, 5.74) is 9.74. The Balaban J connectivity index is 1.10. The molecule has 0 aliphatic rings. The first-order valence-corrected chi connectivity index (χ1v) is 18.3. The lowest BCUT2D eigenvalue weighted by Crippen LogP contribution is -2.00. The van der Waals surface area contributed by atoms with Crippen molar-refractivity contribution in [1.29, 1.82) is 0 Å². The third-order valence-electron chi connectivity index (χ3n) is 10.3. The fourth-order valence-corrected chi connectivity index (χ4v) is 7.64. The van der Waals surface area contributed by atoms with E-state index in [1.54, 1.807) is 0 Å². The first kappa shape index (κ1) is 31.5. The lowest BCUT2D eigenvalue weighted by Gasteiger charge is -2.15. The predicted octanol–water partition coefficient (Wildman–Crippen LogP) is 13.3. The first-order chi connectivity index (χ1) is 26.7. The van der Waals surface area contributed by atoms with Crippen molar-refractivity contribution >= 4 is 32.3 Å². The fourth-order valence-electron chi connectivity index (χ4n) is 7.64. The molecule has 0 radical (unpaired) electrons. The Bertz CT molecular complexity index is 2990. The summed E-state index contributed by atoms with van der Waals surface area (Å²) in [7, 11) is 0. The summed E-state index contributed by atoms with van der Waals surface area (Å²) < 4.78 is 0. The smallest absolute Gasteiger partial charge is 0.164 e. The maximum atomic E-state index is 5.11. The zero-order chi connectivity index (χ0) is 35.8. The molecule has 3 nitrogen and oxygen atoms in total. The van der Waals surface area contributed by atoms with Crippen molar-refractivity contribution in [1.82, 2.24) is 15.0 Å². The molecule has 1 aromatic heterocycles. The zero-order valence-corrected chi connectivity index (χ0v) is 29.4. The molecule has 0 amide bonds. The summed E-state index contributed by atoms with van der Waals surface area (Å²) in [6.45, 7) is 0. The van der Waals surface area contributed by atoms with Crippen LogP contribution in [-0.4, -0.2) is 15.0 Å². The second-order valence-electron chi connectivity index (χ2n) is 13.6. The monoisotopic (exact) mass is 687 g/mol. The molecular formula is C51H33N3. The van der Waals surface area contributed by atoms with E-state index < -0.39 is 0 Å². The largest absolute Gasteiger partial charge is 0.208 e. The maximum absolute atomic E-state index is 5.11. The van der Waals surface area contributed by atoms with Crippen LogP contribution >= 0.6 is 0 Å². The maximum Gasteiger partial charge on any atom is 0.164 e. The van der Waals surface area contributed by atoms with E-state index >= 15 is 0 Å². The van der Waals surface area contributed by atoms with E-state index in [1.165, 1.54) is 43.4 Å². The second kappa shape index (κ2) is 13.4. The molecule has 0 spiro atoms. The number of hydrogen-bond acceptors (Lipinski definition) is 3. The van der Waals surface area contributed by atoms with Crippen molar-refractivity contribution in [3.8, 4) is 67.5 Å². The molecule has 0 N–H and O–H groups in total. The summed E-state index contributed by atoms with van der Waals surface area (Å²) in [6, 6.07) is 70.7. The third kappa shape index (κ3) is 5.78. The Hall–Kier alpha value is -7.23. The SMILES string of the molecule is c1ccc(-c2cccc(-c3nc(-c4ccccc4)nc(-c4cccc(-c5cccc(-c6c7ccccc7cc7c6ccc6ccccc67)c5)c4)n3)c2)cc1. The third-order valence-corrected chi connectivity index (χ3v) is 10.3. The van der Waals surface area contributed by atoms with Gasteiger partial charge in [-0.2, -0.15) is 0 Å². The Labute approximate surface area is 313 Å². The van der Waals surface area contributed by atoms with E-state index in [-0.39, 0.29) is 0 Å². The van der Waals surface area contributed by atoms with E-state index in [0.29, 0.717) is 17.5 Å². The molecular weight excluding hydrogens is 655 g/mol. The van der Waals surface area contributed by atoms with Gasteiger partial charge in [-0.15, -0.1) is 0 Å². The molecule has 10 aromatic rings. The molecule has 1 heterocycles. The van der Waals surface area contributed by atoms with Gasteiger partial charge < -0.3 is 0 Å².